The van der Waals surface area contributed by atoms with Gasteiger partial charge in [0.1, 0.15) is 34.9 Å². The van der Waals surface area contributed by atoms with Gasteiger partial charge < -0.3 is 30.3 Å². The van der Waals surface area contributed by atoms with Gasteiger partial charge in [0.25, 0.3) is 0 Å². The van der Waals surface area contributed by atoms with Crippen LogP contribution in [0, 0.1) is 5.92 Å². The molecule has 0 aromatic carbocycles. The molecule has 136 valence electrons. The van der Waals surface area contributed by atoms with Gasteiger partial charge in [0.15, 0.2) is 0 Å². The molecule has 1 fully saturated rings. The Bertz CT molecular complexity index is 510. The third kappa shape index (κ3) is 5.81. The first kappa shape index (κ1) is 20.5. The zero-order valence-electron chi connectivity index (χ0n) is 12.0. The predicted octanol–water partition coefficient (Wildman–Crippen LogP) is -2.72. The van der Waals surface area contributed by atoms with Gasteiger partial charge in [0, 0.05) is 5.92 Å². The van der Waals surface area contributed by atoms with Crippen molar-refractivity contribution in [1.29, 1.82) is 0 Å². The molecular weight excluding hydrogens is 358 g/mol. The Hall–Kier alpha value is -0.510. The molecule has 6 unspecified atom stereocenters. The van der Waals surface area contributed by atoms with Crippen molar-refractivity contribution in [2.75, 3.05) is 13.2 Å². The summed E-state index contributed by atoms with van der Waals surface area (Å²) in [5.41, 5.74) is -1.23. The van der Waals surface area contributed by atoms with Crippen molar-refractivity contribution in [2.45, 2.75) is 36.8 Å². The molecule has 1 rings (SSSR count). The third-order valence-electron chi connectivity index (χ3n) is 3.00. The second kappa shape index (κ2) is 8.55. The van der Waals surface area contributed by atoms with E-state index in [2.05, 4.69) is 9.44 Å². The van der Waals surface area contributed by atoms with E-state index in [1.165, 1.54) is 6.92 Å². The number of nitrogens with zero attached hydrogens (tertiary/aromatic N) is 1. The van der Waals surface area contributed by atoms with Gasteiger partial charge in [-0.3, -0.25) is 4.55 Å². The maximum absolute atomic E-state index is 10.6. The van der Waals surface area contributed by atoms with Crippen molar-refractivity contribution in [1.82, 2.24) is 0 Å². The largest absolute Gasteiger partial charge is 0.466 e. The van der Waals surface area contributed by atoms with Crippen LogP contribution in [-0.4, -0.2) is 86.6 Å². The summed E-state index contributed by atoms with van der Waals surface area (Å²) in [6.45, 7) is 0.354. The maximum Gasteiger partial charge on any atom is 0.466 e. The molecule has 0 amide bonds. The van der Waals surface area contributed by atoms with E-state index in [-0.39, 0.29) is 5.04 Å². The molecule has 23 heavy (non-hydrogen) atoms. The van der Waals surface area contributed by atoms with Gasteiger partial charge in [0.05, 0.1) is 13.2 Å². The molecule has 0 aromatic rings. The number of aliphatic hydroxyl groups excluding tert-OH is 5. The summed E-state index contributed by atoms with van der Waals surface area (Å²) in [6.07, 6.45) is -5.90. The number of oxime groups is 1. The van der Waals surface area contributed by atoms with Gasteiger partial charge in [-0.25, -0.2) is 4.28 Å². The first-order valence-electron chi connectivity index (χ1n) is 6.42. The summed E-state index contributed by atoms with van der Waals surface area (Å²) in [7, 11) is -4.87. The van der Waals surface area contributed by atoms with Crippen LogP contribution in [-0.2, 0) is 19.4 Å². The van der Waals surface area contributed by atoms with E-state index in [0.717, 1.165) is 0 Å². The van der Waals surface area contributed by atoms with Crippen LogP contribution in [0.2, 0.25) is 0 Å². The molecule has 6 N–H and O–H groups in total. The van der Waals surface area contributed by atoms with Gasteiger partial charge in [0.2, 0.25) is 0 Å². The zero-order valence-corrected chi connectivity index (χ0v) is 13.6. The zero-order chi connectivity index (χ0) is 17.8. The van der Waals surface area contributed by atoms with E-state index in [9.17, 15) is 23.7 Å². The SMILES string of the molecule is CC(CO)C(=NOS(=O)(=O)O)SC1OC(CO)C(O)C(O)C1O. The fourth-order valence-electron chi connectivity index (χ4n) is 1.67. The van der Waals surface area contributed by atoms with E-state index in [1.54, 1.807) is 0 Å². The molecule has 0 radical (unpaired) electrons. The molecule has 0 saturated carbocycles. The van der Waals surface area contributed by atoms with Crippen LogP contribution in [0.25, 0.3) is 0 Å². The quantitative estimate of drug-likeness (QED) is 0.122. The van der Waals surface area contributed by atoms with E-state index >= 15 is 0 Å². The fraction of sp³-hybridized carbons (Fsp3) is 0.900. The average molecular weight is 377 g/mol. The maximum atomic E-state index is 10.6. The molecule has 6 atom stereocenters. The van der Waals surface area contributed by atoms with Gasteiger partial charge in [-0.15, -0.1) is 0 Å². The Labute approximate surface area is 136 Å². The van der Waals surface area contributed by atoms with Crippen molar-refractivity contribution in [3.8, 4) is 0 Å². The molecule has 1 aliphatic rings. The predicted molar refractivity (Wildman–Crippen MR) is 77.7 cm³/mol. The second-order valence-electron chi connectivity index (χ2n) is 4.83. The number of aliphatic hydroxyl groups is 5. The molecule has 1 aliphatic heterocycles. The summed E-state index contributed by atoms with van der Waals surface area (Å²) in [5, 5.41) is 50.5. The molecule has 0 aromatic heterocycles. The van der Waals surface area contributed by atoms with Crippen molar-refractivity contribution >= 4 is 27.2 Å². The van der Waals surface area contributed by atoms with Crippen LogP contribution >= 0.6 is 11.8 Å². The van der Waals surface area contributed by atoms with Crippen molar-refractivity contribution < 1.29 is 47.5 Å². The monoisotopic (exact) mass is 377 g/mol. The number of ether oxygens (including phenoxy) is 1. The Kier molecular flexibility index (Phi) is 7.63. The molecule has 13 heteroatoms. The molecule has 0 bridgehead atoms. The average Bonchev–Trinajstić information content (AvgIpc) is 2.49. The molecular formula is C10H19NO10S2. The normalized spacial score (nSPS) is 34.2. The van der Waals surface area contributed by atoms with E-state index in [1.807, 2.05) is 0 Å². The van der Waals surface area contributed by atoms with Crippen LogP contribution in [0.4, 0.5) is 0 Å². The lowest BCUT2D eigenvalue weighted by Gasteiger charge is -2.39. The van der Waals surface area contributed by atoms with Crippen LogP contribution in [0.15, 0.2) is 5.16 Å². The Morgan fingerprint density at radius 3 is 2.35 bits per heavy atom. The van der Waals surface area contributed by atoms with Gasteiger partial charge in [-0.2, -0.15) is 8.42 Å². The highest BCUT2D eigenvalue weighted by Gasteiger charge is 2.44. The number of hydrogen-bond donors (Lipinski definition) is 6. The minimum Gasteiger partial charge on any atom is -0.396 e. The van der Waals surface area contributed by atoms with Crippen molar-refractivity contribution in [3.05, 3.63) is 0 Å². The lowest BCUT2D eigenvalue weighted by Crippen LogP contribution is -2.57. The smallest absolute Gasteiger partial charge is 0.396 e. The lowest BCUT2D eigenvalue weighted by atomic mass is 10.0. The van der Waals surface area contributed by atoms with Crippen LogP contribution < -0.4 is 0 Å². The van der Waals surface area contributed by atoms with Gasteiger partial charge >= 0.3 is 10.4 Å². The second-order valence-corrected chi connectivity index (χ2v) is 6.95. The van der Waals surface area contributed by atoms with E-state index in [0.29, 0.717) is 11.8 Å². The highest BCUT2D eigenvalue weighted by atomic mass is 32.3. The Morgan fingerprint density at radius 2 is 1.87 bits per heavy atom. The van der Waals surface area contributed by atoms with E-state index < -0.39 is 59.4 Å². The Balaban J connectivity index is 2.93. The Morgan fingerprint density at radius 1 is 1.26 bits per heavy atom. The first-order valence-corrected chi connectivity index (χ1v) is 8.67. The van der Waals surface area contributed by atoms with Crippen LogP contribution in [0.1, 0.15) is 6.92 Å². The van der Waals surface area contributed by atoms with Crippen LogP contribution in [0.5, 0.6) is 0 Å². The number of hydrogen-bond acceptors (Lipinski definition) is 11. The lowest BCUT2D eigenvalue weighted by molar-refractivity contribution is -0.205. The standard InChI is InChI=1S/C10H19NO10S2/c1-4(2-12)9(11-21-23(17,18)19)22-10-8(16)7(15)6(14)5(3-13)20-10/h4-8,10,12-16H,2-3H2,1H3,(H,17,18,19). The number of rotatable bonds is 6. The minimum absolute atomic E-state index is 0.158. The van der Waals surface area contributed by atoms with Gasteiger partial charge in [-0.05, 0) is 0 Å². The summed E-state index contributed by atoms with van der Waals surface area (Å²) in [5.74, 6) is -0.742. The third-order valence-corrected chi connectivity index (χ3v) is 4.61. The number of thioether (sulfide) groups is 1. The first-order chi connectivity index (χ1) is 10.6. The molecule has 1 heterocycles. The fourth-order valence-corrected chi connectivity index (χ4v) is 3.02. The molecule has 0 spiro atoms. The van der Waals surface area contributed by atoms with Crippen molar-refractivity contribution in [2.24, 2.45) is 11.1 Å². The summed E-state index contributed by atoms with van der Waals surface area (Å²) >= 11 is 0.607. The minimum atomic E-state index is -4.87. The molecule has 11 nitrogen and oxygen atoms in total. The molecule has 0 aliphatic carbocycles. The summed E-state index contributed by atoms with van der Waals surface area (Å²) < 4.78 is 38.7. The van der Waals surface area contributed by atoms with Gasteiger partial charge in [-0.1, -0.05) is 23.8 Å². The van der Waals surface area contributed by atoms with Crippen LogP contribution in [0.3, 0.4) is 0 Å². The summed E-state index contributed by atoms with van der Waals surface area (Å²) in [4.78, 5) is 0. The highest BCUT2D eigenvalue weighted by Crippen LogP contribution is 2.31. The summed E-state index contributed by atoms with van der Waals surface area (Å²) in [6, 6.07) is 0. The highest BCUT2D eigenvalue weighted by molar-refractivity contribution is 8.14. The van der Waals surface area contributed by atoms with E-state index in [4.69, 9.17) is 19.5 Å². The topological polar surface area (TPSA) is 186 Å². The van der Waals surface area contributed by atoms with Crippen molar-refractivity contribution in [3.63, 3.8) is 0 Å². The molecule has 1 saturated heterocycles.